The minimum Gasteiger partial charge on any atom is -0.314 e. The highest BCUT2D eigenvalue weighted by atomic mass is 32.1. The molecule has 3 heteroatoms. The average Bonchev–Trinajstić information content (AvgIpc) is 2.59. The normalized spacial score (nSPS) is 22.6. The SMILES string of the molecule is CCC1CNCCN1Cc1cc(C)c(C)s1. The number of hydrogen-bond donors (Lipinski definition) is 1. The molecule has 0 amide bonds. The summed E-state index contributed by atoms with van der Waals surface area (Å²) in [4.78, 5) is 5.62. The lowest BCUT2D eigenvalue weighted by Crippen LogP contribution is -2.50. The Morgan fingerprint density at radius 3 is 2.94 bits per heavy atom. The molecule has 1 aliphatic rings. The molecule has 1 aliphatic heterocycles. The smallest absolute Gasteiger partial charge is 0.0332 e. The molecule has 2 rings (SSSR count). The fraction of sp³-hybridized carbons (Fsp3) is 0.692. The first-order valence-electron chi connectivity index (χ1n) is 6.21. The van der Waals surface area contributed by atoms with E-state index in [9.17, 15) is 0 Å². The van der Waals surface area contributed by atoms with Gasteiger partial charge < -0.3 is 5.32 Å². The fourth-order valence-corrected chi connectivity index (χ4v) is 3.42. The molecule has 0 radical (unpaired) electrons. The van der Waals surface area contributed by atoms with Crippen LogP contribution < -0.4 is 5.32 Å². The zero-order valence-electron chi connectivity index (χ0n) is 10.5. The average molecular weight is 238 g/mol. The van der Waals surface area contributed by atoms with Crippen LogP contribution in [-0.2, 0) is 6.54 Å². The maximum Gasteiger partial charge on any atom is 0.0332 e. The zero-order chi connectivity index (χ0) is 11.5. The molecular weight excluding hydrogens is 216 g/mol. The molecule has 0 spiro atoms. The van der Waals surface area contributed by atoms with Gasteiger partial charge in [0.25, 0.3) is 0 Å². The van der Waals surface area contributed by atoms with E-state index in [0.29, 0.717) is 0 Å². The van der Waals surface area contributed by atoms with E-state index < -0.39 is 0 Å². The summed E-state index contributed by atoms with van der Waals surface area (Å²) < 4.78 is 0. The Labute approximate surface area is 103 Å². The fourth-order valence-electron chi connectivity index (χ4n) is 2.34. The summed E-state index contributed by atoms with van der Waals surface area (Å²) in [7, 11) is 0. The summed E-state index contributed by atoms with van der Waals surface area (Å²) in [6.07, 6.45) is 1.25. The van der Waals surface area contributed by atoms with E-state index in [2.05, 4.69) is 37.1 Å². The van der Waals surface area contributed by atoms with Crippen LogP contribution in [0.1, 0.15) is 28.7 Å². The molecule has 0 bridgehead atoms. The van der Waals surface area contributed by atoms with Crippen LogP contribution in [0.3, 0.4) is 0 Å². The zero-order valence-corrected chi connectivity index (χ0v) is 11.4. The van der Waals surface area contributed by atoms with Gasteiger partial charge in [0.15, 0.2) is 0 Å². The Morgan fingerprint density at radius 2 is 2.31 bits per heavy atom. The van der Waals surface area contributed by atoms with Gasteiger partial charge in [-0.25, -0.2) is 0 Å². The molecule has 1 aromatic heterocycles. The molecule has 1 atom stereocenters. The predicted octanol–water partition coefficient (Wildman–Crippen LogP) is 2.55. The van der Waals surface area contributed by atoms with Crippen molar-refractivity contribution < 1.29 is 0 Å². The van der Waals surface area contributed by atoms with Gasteiger partial charge in [-0.3, -0.25) is 4.90 Å². The third-order valence-corrected chi connectivity index (χ3v) is 4.66. The van der Waals surface area contributed by atoms with Crippen molar-refractivity contribution in [3.63, 3.8) is 0 Å². The lowest BCUT2D eigenvalue weighted by atomic mass is 10.1. The van der Waals surface area contributed by atoms with Crippen molar-refractivity contribution >= 4 is 11.3 Å². The van der Waals surface area contributed by atoms with E-state index in [1.54, 1.807) is 0 Å². The molecule has 2 heterocycles. The van der Waals surface area contributed by atoms with Crippen LogP contribution in [0.4, 0.5) is 0 Å². The van der Waals surface area contributed by atoms with Crippen molar-refractivity contribution in [3.05, 3.63) is 21.4 Å². The van der Waals surface area contributed by atoms with Crippen molar-refractivity contribution in [1.29, 1.82) is 0 Å². The number of nitrogens with zero attached hydrogens (tertiary/aromatic N) is 1. The summed E-state index contributed by atoms with van der Waals surface area (Å²) in [5.41, 5.74) is 1.45. The lowest BCUT2D eigenvalue weighted by Gasteiger charge is -2.35. The Kier molecular flexibility index (Phi) is 4.00. The second-order valence-corrected chi connectivity index (χ2v) is 6.03. The van der Waals surface area contributed by atoms with Crippen molar-refractivity contribution in [1.82, 2.24) is 10.2 Å². The van der Waals surface area contributed by atoms with Gasteiger partial charge >= 0.3 is 0 Å². The van der Waals surface area contributed by atoms with Crippen molar-refractivity contribution in [3.8, 4) is 0 Å². The van der Waals surface area contributed by atoms with E-state index >= 15 is 0 Å². The van der Waals surface area contributed by atoms with Gasteiger partial charge in [0.1, 0.15) is 0 Å². The van der Waals surface area contributed by atoms with Crippen LogP contribution in [0.15, 0.2) is 6.07 Å². The van der Waals surface area contributed by atoms with E-state index in [0.717, 1.165) is 25.7 Å². The maximum absolute atomic E-state index is 3.48. The third-order valence-electron chi connectivity index (χ3n) is 3.52. The molecule has 1 saturated heterocycles. The van der Waals surface area contributed by atoms with Crippen molar-refractivity contribution in [2.75, 3.05) is 19.6 Å². The Bertz CT molecular complexity index is 326. The van der Waals surface area contributed by atoms with Gasteiger partial charge in [-0.15, -0.1) is 11.3 Å². The van der Waals surface area contributed by atoms with Gasteiger partial charge in [0.2, 0.25) is 0 Å². The second kappa shape index (κ2) is 5.30. The summed E-state index contributed by atoms with van der Waals surface area (Å²) in [6.45, 7) is 11.3. The molecule has 0 aromatic carbocycles. The molecular formula is C13H22N2S. The Hall–Kier alpha value is -0.380. The van der Waals surface area contributed by atoms with Crippen LogP contribution in [0.2, 0.25) is 0 Å². The van der Waals surface area contributed by atoms with Crippen molar-refractivity contribution in [2.24, 2.45) is 0 Å². The quantitative estimate of drug-likeness (QED) is 0.870. The molecule has 1 unspecified atom stereocenters. The molecule has 1 N–H and O–H groups in total. The summed E-state index contributed by atoms with van der Waals surface area (Å²) in [5, 5.41) is 3.48. The van der Waals surface area contributed by atoms with Gasteiger partial charge in [0.05, 0.1) is 0 Å². The lowest BCUT2D eigenvalue weighted by molar-refractivity contribution is 0.150. The molecule has 0 saturated carbocycles. The third kappa shape index (κ3) is 2.65. The van der Waals surface area contributed by atoms with Gasteiger partial charge in [-0.05, 0) is 31.9 Å². The minimum absolute atomic E-state index is 0.719. The van der Waals surface area contributed by atoms with Gasteiger partial charge in [-0.2, -0.15) is 0 Å². The molecule has 1 aromatic rings. The molecule has 90 valence electrons. The van der Waals surface area contributed by atoms with Gasteiger partial charge in [-0.1, -0.05) is 6.92 Å². The largest absolute Gasteiger partial charge is 0.314 e. The number of hydrogen-bond acceptors (Lipinski definition) is 3. The van der Waals surface area contributed by atoms with Crippen LogP contribution in [0.25, 0.3) is 0 Å². The van der Waals surface area contributed by atoms with Crippen LogP contribution in [0.5, 0.6) is 0 Å². The van der Waals surface area contributed by atoms with Crippen LogP contribution in [0, 0.1) is 13.8 Å². The van der Waals surface area contributed by atoms with E-state index in [4.69, 9.17) is 0 Å². The van der Waals surface area contributed by atoms with E-state index in [1.165, 1.54) is 28.3 Å². The standard InChI is InChI=1S/C13H22N2S/c1-4-12-8-14-5-6-15(12)9-13-7-10(2)11(3)16-13/h7,12,14H,4-6,8-9H2,1-3H3. The summed E-state index contributed by atoms with van der Waals surface area (Å²) in [5.74, 6) is 0. The summed E-state index contributed by atoms with van der Waals surface area (Å²) >= 11 is 1.96. The Morgan fingerprint density at radius 1 is 1.50 bits per heavy atom. The maximum atomic E-state index is 3.48. The highest BCUT2D eigenvalue weighted by molar-refractivity contribution is 7.12. The van der Waals surface area contributed by atoms with E-state index in [1.807, 2.05) is 11.3 Å². The van der Waals surface area contributed by atoms with Crippen LogP contribution in [-0.4, -0.2) is 30.6 Å². The van der Waals surface area contributed by atoms with Crippen LogP contribution >= 0.6 is 11.3 Å². The molecule has 2 nitrogen and oxygen atoms in total. The number of piperazine rings is 1. The van der Waals surface area contributed by atoms with Gasteiger partial charge in [0, 0.05) is 42.0 Å². The predicted molar refractivity (Wildman–Crippen MR) is 71.2 cm³/mol. The summed E-state index contributed by atoms with van der Waals surface area (Å²) in [6, 6.07) is 3.07. The first kappa shape index (κ1) is 12.1. The first-order chi connectivity index (χ1) is 7.70. The molecule has 1 fully saturated rings. The second-order valence-electron chi connectivity index (χ2n) is 4.69. The highest BCUT2D eigenvalue weighted by Crippen LogP contribution is 2.23. The topological polar surface area (TPSA) is 15.3 Å². The molecule has 0 aliphatic carbocycles. The first-order valence-corrected chi connectivity index (χ1v) is 7.03. The Balaban J connectivity index is 2.02. The molecule has 16 heavy (non-hydrogen) atoms. The van der Waals surface area contributed by atoms with E-state index in [-0.39, 0.29) is 0 Å². The monoisotopic (exact) mass is 238 g/mol. The number of rotatable bonds is 3. The minimum atomic E-state index is 0.719. The number of aryl methyl sites for hydroxylation is 2. The number of thiophene rings is 1. The highest BCUT2D eigenvalue weighted by Gasteiger charge is 2.20. The number of nitrogens with one attached hydrogen (secondary N) is 1. The van der Waals surface area contributed by atoms with Crippen molar-refractivity contribution in [2.45, 2.75) is 39.8 Å².